The van der Waals surface area contributed by atoms with Crippen LogP contribution >= 0.6 is 0 Å². The molecule has 1 aromatic heterocycles. The fourth-order valence-electron chi connectivity index (χ4n) is 1.56. The van der Waals surface area contributed by atoms with Crippen molar-refractivity contribution in [2.75, 3.05) is 5.32 Å². The van der Waals surface area contributed by atoms with E-state index in [1.807, 2.05) is 6.07 Å². The molecule has 0 aliphatic rings. The summed E-state index contributed by atoms with van der Waals surface area (Å²) in [5.41, 5.74) is -0.861. The molecular weight excluding hydrogens is 283 g/mol. The molecule has 2 aromatic rings. The third-order valence-corrected chi connectivity index (χ3v) is 2.56. The highest BCUT2D eigenvalue weighted by Gasteiger charge is 2.31. The fraction of sp³-hybridized carbons (Fsp3) is 0.0769. The first-order chi connectivity index (χ1) is 9.95. The molecule has 5 nitrogen and oxygen atoms in total. The maximum Gasteiger partial charge on any atom is 0.416 e. The topological polar surface area (TPSA) is 85.4 Å². The van der Waals surface area contributed by atoms with Crippen LogP contribution in [0.2, 0.25) is 0 Å². The van der Waals surface area contributed by atoms with Crippen LogP contribution in [-0.4, -0.2) is 10.2 Å². The number of alkyl halides is 3. The van der Waals surface area contributed by atoms with Gasteiger partial charge in [0.25, 0.3) is 0 Å². The molecule has 2 rings (SSSR count). The van der Waals surface area contributed by atoms with E-state index in [-0.39, 0.29) is 22.6 Å². The highest BCUT2D eigenvalue weighted by molar-refractivity contribution is 5.68. The number of anilines is 2. The molecule has 0 saturated carbocycles. The fourth-order valence-corrected chi connectivity index (χ4v) is 1.56. The molecule has 0 atom stereocenters. The van der Waals surface area contributed by atoms with E-state index in [4.69, 9.17) is 10.5 Å². The van der Waals surface area contributed by atoms with E-state index in [0.29, 0.717) is 0 Å². The minimum Gasteiger partial charge on any atom is -0.337 e. The molecule has 21 heavy (non-hydrogen) atoms. The average molecular weight is 289 g/mol. The SMILES string of the molecule is N#Cc1cc(C(F)(F)F)ccc1Nc1nnccc1C#N. The molecule has 0 bridgehead atoms. The Kier molecular flexibility index (Phi) is 3.72. The van der Waals surface area contributed by atoms with Gasteiger partial charge in [-0.1, -0.05) is 0 Å². The van der Waals surface area contributed by atoms with Gasteiger partial charge in [-0.2, -0.15) is 28.8 Å². The van der Waals surface area contributed by atoms with Crippen LogP contribution in [0.1, 0.15) is 16.7 Å². The standard InChI is InChI=1S/C13H6F3N5/c14-13(15,16)10-1-2-11(9(5-10)7-18)20-12-8(6-17)3-4-19-21-12/h1-5H,(H,20,21). The largest absolute Gasteiger partial charge is 0.416 e. The molecule has 8 heteroatoms. The second-order valence-corrected chi connectivity index (χ2v) is 3.90. The Balaban J connectivity index is 2.42. The smallest absolute Gasteiger partial charge is 0.337 e. The van der Waals surface area contributed by atoms with Gasteiger partial charge in [-0.15, -0.1) is 5.10 Å². The predicted molar refractivity (Wildman–Crippen MR) is 66.2 cm³/mol. The Morgan fingerprint density at radius 3 is 2.38 bits per heavy atom. The molecule has 0 aliphatic heterocycles. The average Bonchev–Trinajstić information content (AvgIpc) is 2.47. The Morgan fingerprint density at radius 2 is 1.76 bits per heavy atom. The van der Waals surface area contributed by atoms with Crippen molar-refractivity contribution in [1.82, 2.24) is 10.2 Å². The first-order valence-corrected chi connectivity index (χ1v) is 5.56. The van der Waals surface area contributed by atoms with Crippen molar-refractivity contribution < 1.29 is 13.2 Å². The number of aromatic nitrogens is 2. The number of nitrogens with one attached hydrogen (secondary N) is 1. The van der Waals surface area contributed by atoms with Crippen LogP contribution in [0.15, 0.2) is 30.5 Å². The van der Waals surface area contributed by atoms with Gasteiger partial charge in [-0.25, -0.2) is 0 Å². The number of hydrogen-bond acceptors (Lipinski definition) is 5. The summed E-state index contributed by atoms with van der Waals surface area (Å²) >= 11 is 0. The maximum atomic E-state index is 12.6. The lowest BCUT2D eigenvalue weighted by Crippen LogP contribution is -2.06. The monoisotopic (exact) mass is 289 g/mol. The number of benzene rings is 1. The molecule has 1 aromatic carbocycles. The van der Waals surface area contributed by atoms with Crippen LogP contribution in [0.4, 0.5) is 24.7 Å². The van der Waals surface area contributed by atoms with E-state index in [1.165, 1.54) is 12.3 Å². The minimum absolute atomic E-state index is 0.0660. The highest BCUT2D eigenvalue weighted by atomic mass is 19.4. The van der Waals surface area contributed by atoms with Gasteiger partial charge in [0.1, 0.15) is 12.1 Å². The number of nitrogens with zero attached hydrogens (tertiary/aromatic N) is 4. The Labute approximate surface area is 117 Å². The molecule has 104 valence electrons. The van der Waals surface area contributed by atoms with E-state index >= 15 is 0 Å². The summed E-state index contributed by atoms with van der Waals surface area (Å²) < 4.78 is 37.8. The van der Waals surface area contributed by atoms with Gasteiger partial charge in [0, 0.05) is 0 Å². The van der Waals surface area contributed by atoms with Crippen molar-refractivity contribution in [2.24, 2.45) is 0 Å². The Morgan fingerprint density at radius 1 is 1.05 bits per heavy atom. The molecule has 0 unspecified atom stereocenters. The van der Waals surface area contributed by atoms with Crippen LogP contribution < -0.4 is 5.32 Å². The second kappa shape index (κ2) is 5.47. The van der Waals surface area contributed by atoms with Crippen molar-refractivity contribution in [3.8, 4) is 12.1 Å². The summed E-state index contributed by atoms with van der Waals surface area (Å²) in [5, 5.41) is 27.7. The lowest BCUT2D eigenvalue weighted by Gasteiger charge is -2.11. The van der Waals surface area contributed by atoms with Crippen molar-refractivity contribution in [3.05, 3.63) is 47.2 Å². The molecule has 0 spiro atoms. The van der Waals surface area contributed by atoms with Crippen LogP contribution in [0.5, 0.6) is 0 Å². The Bertz CT molecular complexity index is 756. The van der Waals surface area contributed by atoms with Gasteiger partial charge in [0.15, 0.2) is 5.82 Å². The zero-order valence-electron chi connectivity index (χ0n) is 10.3. The number of hydrogen-bond donors (Lipinski definition) is 1. The quantitative estimate of drug-likeness (QED) is 0.918. The summed E-state index contributed by atoms with van der Waals surface area (Å²) in [6, 6.07) is 7.60. The molecule has 0 radical (unpaired) electrons. The molecular formula is C13H6F3N5. The third-order valence-electron chi connectivity index (χ3n) is 2.56. The van der Waals surface area contributed by atoms with Crippen LogP contribution in [0.3, 0.4) is 0 Å². The lowest BCUT2D eigenvalue weighted by atomic mass is 10.1. The van der Waals surface area contributed by atoms with E-state index in [1.54, 1.807) is 6.07 Å². The molecule has 1 heterocycles. The molecule has 0 fully saturated rings. The zero-order chi connectivity index (χ0) is 15.5. The van der Waals surface area contributed by atoms with Crippen molar-refractivity contribution >= 4 is 11.5 Å². The number of halogens is 3. The van der Waals surface area contributed by atoms with Crippen molar-refractivity contribution in [2.45, 2.75) is 6.18 Å². The van der Waals surface area contributed by atoms with E-state index in [0.717, 1.165) is 18.2 Å². The summed E-state index contributed by atoms with van der Waals surface area (Å²) in [5.74, 6) is 0.0660. The number of rotatable bonds is 2. The van der Waals surface area contributed by atoms with Gasteiger partial charge in [0.05, 0.1) is 28.6 Å². The summed E-state index contributed by atoms with van der Waals surface area (Å²) in [4.78, 5) is 0. The van der Waals surface area contributed by atoms with Crippen molar-refractivity contribution in [3.63, 3.8) is 0 Å². The van der Waals surface area contributed by atoms with Crippen molar-refractivity contribution in [1.29, 1.82) is 10.5 Å². The zero-order valence-corrected chi connectivity index (χ0v) is 10.3. The number of nitriles is 2. The first kappa shape index (κ1) is 14.3. The second-order valence-electron chi connectivity index (χ2n) is 3.90. The predicted octanol–water partition coefficient (Wildman–Crippen LogP) is 2.98. The van der Waals surface area contributed by atoms with Crippen LogP contribution in [-0.2, 0) is 6.18 Å². The third kappa shape index (κ3) is 3.07. The van der Waals surface area contributed by atoms with E-state index in [2.05, 4.69) is 15.5 Å². The summed E-state index contributed by atoms with van der Waals surface area (Å²) in [6.07, 6.45) is -3.23. The summed E-state index contributed by atoms with van der Waals surface area (Å²) in [7, 11) is 0. The van der Waals surface area contributed by atoms with E-state index in [9.17, 15) is 13.2 Å². The van der Waals surface area contributed by atoms with Gasteiger partial charge in [0.2, 0.25) is 0 Å². The van der Waals surface area contributed by atoms with Gasteiger partial charge >= 0.3 is 6.18 Å². The minimum atomic E-state index is -4.53. The Hall–Kier alpha value is -3.13. The highest BCUT2D eigenvalue weighted by Crippen LogP contribution is 2.32. The summed E-state index contributed by atoms with van der Waals surface area (Å²) in [6.45, 7) is 0. The van der Waals surface area contributed by atoms with Gasteiger partial charge < -0.3 is 5.32 Å². The van der Waals surface area contributed by atoms with Gasteiger partial charge in [-0.3, -0.25) is 0 Å². The van der Waals surface area contributed by atoms with Crippen LogP contribution in [0, 0.1) is 22.7 Å². The van der Waals surface area contributed by atoms with E-state index < -0.39 is 11.7 Å². The van der Waals surface area contributed by atoms with Gasteiger partial charge in [-0.05, 0) is 24.3 Å². The molecule has 0 amide bonds. The van der Waals surface area contributed by atoms with Crippen LogP contribution in [0.25, 0.3) is 0 Å². The maximum absolute atomic E-state index is 12.6. The molecule has 0 aliphatic carbocycles. The normalized spacial score (nSPS) is 10.5. The first-order valence-electron chi connectivity index (χ1n) is 5.56. The molecule has 1 N–H and O–H groups in total. The lowest BCUT2D eigenvalue weighted by molar-refractivity contribution is -0.137. The molecule has 0 saturated heterocycles.